The fourth-order valence-electron chi connectivity index (χ4n) is 1.78. The lowest BCUT2D eigenvalue weighted by Gasteiger charge is -2.19. The molecule has 86 valence electrons. The molecule has 1 aliphatic heterocycles. The van der Waals surface area contributed by atoms with Crippen LogP contribution >= 0.6 is 28.6 Å². The summed E-state index contributed by atoms with van der Waals surface area (Å²) in [7, 11) is 0. The average molecular weight is 305 g/mol. The molecule has 1 aromatic rings. The third-order valence-electron chi connectivity index (χ3n) is 2.43. The van der Waals surface area contributed by atoms with Crippen molar-refractivity contribution in [2.45, 2.75) is 11.7 Å². The van der Waals surface area contributed by atoms with Gasteiger partial charge in [-0.05, 0) is 28.1 Å². The molecule has 1 fully saturated rings. The lowest BCUT2D eigenvalue weighted by atomic mass is 10.2. The smallest absolute Gasteiger partial charge is 0.228 e. The number of anilines is 2. The second-order valence-corrected chi connectivity index (χ2v) is 5.27. The Morgan fingerprint density at radius 3 is 2.75 bits per heavy atom. The van der Waals surface area contributed by atoms with Gasteiger partial charge in [0.1, 0.15) is 5.82 Å². The molecule has 0 aliphatic carbocycles. The van der Waals surface area contributed by atoms with Crippen LogP contribution in [0.3, 0.4) is 0 Å². The number of nitrogens with zero attached hydrogens (tertiary/aromatic N) is 1. The summed E-state index contributed by atoms with van der Waals surface area (Å²) >= 11 is 7.47. The first-order valence-corrected chi connectivity index (χ1v) is 6.03. The standard InChI is InChI=1S/C10H10BrFN2OS/c11-7-1-5(12)2-8(13)10(7)14-4-6(16)3-9(14)15/h1-2,6,16H,3-4,13H2. The summed E-state index contributed by atoms with van der Waals surface area (Å²) in [4.78, 5) is 13.2. The minimum absolute atomic E-state index is 0.00357. The van der Waals surface area contributed by atoms with Crippen molar-refractivity contribution >= 4 is 45.8 Å². The molecule has 1 heterocycles. The van der Waals surface area contributed by atoms with E-state index in [2.05, 4.69) is 28.6 Å². The normalized spacial score (nSPS) is 20.6. The van der Waals surface area contributed by atoms with E-state index in [9.17, 15) is 9.18 Å². The van der Waals surface area contributed by atoms with Crippen molar-refractivity contribution in [3.8, 4) is 0 Å². The fraction of sp³-hybridized carbons (Fsp3) is 0.300. The molecule has 2 N–H and O–H groups in total. The number of thiol groups is 1. The number of nitrogens with two attached hydrogens (primary N) is 1. The first-order valence-electron chi connectivity index (χ1n) is 4.72. The van der Waals surface area contributed by atoms with E-state index >= 15 is 0 Å². The second-order valence-electron chi connectivity index (χ2n) is 3.69. The molecular formula is C10H10BrFN2OS. The molecule has 1 unspecified atom stereocenters. The molecule has 0 radical (unpaired) electrons. The van der Waals surface area contributed by atoms with Crippen molar-refractivity contribution in [3.63, 3.8) is 0 Å². The SMILES string of the molecule is Nc1cc(F)cc(Br)c1N1CC(S)CC1=O. The number of carbonyl (C=O) groups excluding carboxylic acids is 1. The Morgan fingerprint density at radius 2 is 2.25 bits per heavy atom. The van der Waals surface area contributed by atoms with Crippen LogP contribution < -0.4 is 10.6 Å². The third-order valence-corrected chi connectivity index (χ3v) is 3.38. The van der Waals surface area contributed by atoms with Gasteiger partial charge in [0, 0.05) is 22.7 Å². The molecule has 1 aromatic carbocycles. The molecule has 1 atom stereocenters. The first-order chi connectivity index (χ1) is 7.49. The van der Waals surface area contributed by atoms with Crippen molar-refractivity contribution in [2.24, 2.45) is 0 Å². The Hall–Kier alpha value is -0.750. The molecule has 3 nitrogen and oxygen atoms in total. The largest absolute Gasteiger partial charge is 0.397 e. The highest BCUT2D eigenvalue weighted by Gasteiger charge is 2.30. The van der Waals surface area contributed by atoms with Crippen molar-refractivity contribution in [2.75, 3.05) is 17.2 Å². The minimum atomic E-state index is -0.429. The number of hydrogen-bond donors (Lipinski definition) is 2. The van der Waals surface area contributed by atoms with Crippen molar-refractivity contribution in [3.05, 3.63) is 22.4 Å². The topological polar surface area (TPSA) is 46.3 Å². The van der Waals surface area contributed by atoms with Gasteiger partial charge in [0.05, 0.1) is 11.4 Å². The molecule has 2 rings (SSSR count). The maximum atomic E-state index is 13.0. The summed E-state index contributed by atoms with van der Waals surface area (Å²) in [6, 6.07) is 2.50. The van der Waals surface area contributed by atoms with Gasteiger partial charge in [-0.15, -0.1) is 0 Å². The van der Waals surface area contributed by atoms with Gasteiger partial charge in [-0.2, -0.15) is 12.6 Å². The summed E-state index contributed by atoms with van der Waals surface area (Å²) in [6.45, 7) is 0.496. The monoisotopic (exact) mass is 304 g/mol. The Labute approximate surface area is 106 Å². The van der Waals surface area contributed by atoms with Crippen molar-refractivity contribution in [1.82, 2.24) is 0 Å². The minimum Gasteiger partial charge on any atom is -0.397 e. The van der Waals surface area contributed by atoms with Crippen LogP contribution in [0.5, 0.6) is 0 Å². The molecular weight excluding hydrogens is 295 g/mol. The van der Waals surface area contributed by atoms with Gasteiger partial charge < -0.3 is 10.6 Å². The molecule has 1 aliphatic rings. The fourth-order valence-corrected chi connectivity index (χ4v) is 2.76. The van der Waals surface area contributed by atoms with Crippen LogP contribution in [0.2, 0.25) is 0 Å². The lowest BCUT2D eigenvalue weighted by molar-refractivity contribution is -0.117. The van der Waals surface area contributed by atoms with Crippen LogP contribution in [0.1, 0.15) is 6.42 Å². The molecule has 1 saturated heterocycles. The summed E-state index contributed by atoms with van der Waals surface area (Å²) in [5.41, 5.74) is 6.50. The van der Waals surface area contributed by atoms with E-state index in [0.29, 0.717) is 23.1 Å². The number of nitrogen functional groups attached to an aromatic ring is 1. The molecule has 0 spiro atoms. The van der Waals surface area contributed by atoms with Crippen LogP contribution in [-0.2, 0) is 4.79 Å². The quantitative estimate of drug-likeness (QED) is 0.617. The predicted molar refractivity (Wildman–Crippen MR) is 68.3 cm³/mol. The molecule has 16 heavy (non-hydrogen) atoms. The van der Waals surface area contributed by atoms with E-state index in [1.165, 1.54) is 17.0 Å². The highest BCUT2D eigenvalue weighted by atomic mass is 79.9. The van der Waals surface area contributed by atoms with Gasteiger partial charge in [0.15, 0.2) is 0 Å². The van der Waals surface area contributed by atoms with Crippen molar-refractivity contribution in [1.29, 1.82) is 0 Å². The van der Waals surface area contributed by atoms with Crippen LogP contribution in [0, 0.1) is 5.82 Å². The van der Waals surface area contributed by atoms with Gasteiger partial charge in [-0.1, -0.05) is 0 Å². The maximum absolute atomic E-state index is 13.0. The maximum Gasteiger partial charge on any atom is 0.228 e. The Bertz CT molecular complexity index is 431. The average Bonchev–Trinajstić information content (AvgIpc) is 2.43. The van der Waals surface area contributed by atoms with E-state index in [1.54, 1.807) is 0 Å². The zero-order valence-electron chi connectivity index (χ0n) is 8.28. The number of carbonyl (C=O) groups is 1. The number of rotatable bonds is 1. The highest BCUT2D eigenvalue weighted by Crippen LogP contribution is 2.36. The number of benzene rings is 1. The van der Waals surface area contributed by atoms with Gasteiger partial charge in [-0.3, -0.25) is 4.79 Å². The third kappa shape index (κ3) is 2.04. The lowest BCUT2D eigenvalue weighted by Crippen LogP contribution is -2.26. The van der Waals surface area contributed by atoms with E-state index in [1.807, 2.05) is 0 Å². The summed E-state index contributed by atoms with van der Waals surface area (Å²) in [6.07, 6.45) is 0.381. The number of halogens is 2. The molecule has 0 bridgehead atoms. The Morgan fingerprint density at radius 1 is 1.56 bits per heavy atom. The molecule has 0 aromatic heterocycles. The van der Waals surface area contributed by atoms with Gasteiger partial charge in [-0.25, -0.2) is 4.39 Å². The van der Waals surface area contributed by atoms with Gasteiger partial charge in [0.2, 0.25) is 5.91 Å². The summed E-state index contributed by atoms with van der Waals surface area (Å²) < 4.78 is 13.5. The summed E-state index contributed by atoms with van der Waals surface area (Å²) in [5, 5.41) is 0.00357. The van der Waals surface area contributed by atoms with Crippen LogP contribution in [0.4, 0.5) is 15.8 Å². The van der Waals surface area contributed by atoms with Crippen LogP contribution in [-0.4, -0.2) is 17.7 Å². The van der Waals surface area contributed by atoms with E-state index in [-0.39, 0.29) is 16.8 Å². The number of amides is 1. The zero-order valence-corrected chi connectivity index (χ0v) is 10.8. The van der Waals surface area contributed by atoms with Crippen LogP contribution in [0.15, 0.2) is 16.6 Å². The summed E-state index contributed by atoms with van der Waals surface area (Å²) in [5.74, 6) is -0.471. The van der Waals surface area contributed by atoms with Crippen LogP contribution in [0.25, 0.3) is 0 Å². The van der Waals surface area contributed by atoms with E-state index < -0.39 is 5.82 Å². The first kappa shape index (κ1) is 11.7. The highest BCUT2D eigenvalue weighted by molar-refractivity contribution is 9.10. The Balaban J connectivity index is 2.44. The van der Waals surface area contributed by atoms with E-state index in [0.717, 1.165) is 0 Å². The molecule has 6 heteroatoms. The van der Waals surface area contributed by atoms with Gasteiger partial charge in [0.25, 0.3) is 0 Å². The molecule has 0 saturated carbocycles. The Kier molecular flexibility index (Phi) is 3.12. The van der Waals surface area contributed by atoms with Gasteiger partial charge >= 0.3 is 0 Å². The van der Waals surface area contributed by atoms with Crippen molar-refractivity contribution < 1.29 is 9.18 Å². The second kappa shape index (κ2) is 4.25. The molecule has 1 amide bonds. The number of hydrogen-bond acceptors (Lipinski definition) is 3. The van der Waals surface area contributed by atoms with E-state index in [4.69, 9.17) is 5.73 Å². The zero-order chi connectivity index (χ0) is 11.9. The predicted octanol–water partition coefficient (Wildman–Crippen LogP) is 2.21.